The van der Waals surface area contributed by atoms with Gasteiger partial charge in [0.25, 0.3) is 5.91 Å². The Balaban J connectivity index is 1.81. The highest BCUT2D eigenvalue weighted by Gasteiger charge is 2.26. The number of carbonyl (C=O) groups excluding carboxylic acids is 1. The number of aryl methyl sites for hydroxylation is 2. The fourth-order valence-corrected chi connectivity index (χ4v) is 5.70. The summed E-state index contributed by atoms with van der Waals surface area (Å²) in [5, 5.41) is 3.16. The fourth-order valence-electron chi connectivity index (χ4n) is 3.95. The second-order valence-electron chi connectivity index (χ2n) is 7.95. The minimum absolute atomic E-state index is 0.117. The molecule has 0 aliphatic carbocycles. The van der Waals surface area contributed by atoms with Crippen molar-refractivity contribution in [2.24, 2.45) is 0 Å². The van der Waals surface area contributed by atoms with Crippen molar-refractivity contribution >= 4 is 27.5 Å². The number of hydrogen-bond donors (Lipinski definition) is 1. The van der Waals surface area contributed by atoms with Gasteiger partial charge in [-0.1, -0.05) is 56.5 Å². The van der Waals surface area contributed by atoms with Crippen LogP contribution in [-0.2, 0) is 29.4 Å². The minimum Gasteiger partial charge on any atom is -0.348 e. The molecule has 1 aliphatic rings. The first kappa shape index (κ1) is 23.8. The Hall–Kier alpha value is -1.89. The Bertz CT molecular complexity index is 1030. The van der Waals surface area contributed by atoms with E-state index in [-0.39, 0.29) is 21.4 Å². The van der Waals surface area contributed by atoms with Gasteiger partial charge in [-0.2, -0.15) is 4.31 Å². The number of benzene rings is 2. The minimum atomic E-state index is -3.65. The molecule has 1 heterocycles. The summed E-state index contributed by atoms with van der Waals surface area (Å²) in [6.07, 6.45) is 5.60. The normalized spacial score (nSPS) is 15.5. The number of carbonyl (C=O) groups is 1. The molecule has 3 rings (SSSR count). The molecule has 0 saturated carbocycles. The van der Waals surface area contributed by atoms with Crippen molar-refractivity contribution in [3.05, 3.63) is 63.7 Å². The summed E-state index contributed by atoms with van der Waals surface area (Å²) in [5.74, 6) is -0.373. The molecule has 1 N–H and O–H groups in total. The van der Waals surface area contributed by atoms with Gasteiger partial charge in [-0.25, -0.2) is 8.42 Å². The van der Waals surface area contributed by atoms with Gasteiger partial charge in [-0.05, 0) is 60.6 Å². The predicted molar refractivity (Wildman–Crippen MR) is 125 cm³/mol. The lowest BCUT2D eigenvalue weighted by Gasteiger charge is -2.20. The Morgan fingerprint density at radius 2 is 1.68 bits per heavy atom. The molecule has 0 spiro atoms. The molecule has 2 aromatic carbocycles. The third kappa shape index (κ3) is 5.68. The zero-order valence-corrected chi connectivity index (χ0v) is 19.9. The summed E-state index contributed by atoms with van der Waals surface area (Å²) in [6, 6.07) is 10.7. The number of nitrogens with zero attached hydrogens (tertiary/aromatic N) is 1. The van der Waals surface area contributed by atoms with Crippen LogP contribution in [0, 0.1) is 0 Å². The van der Waals surface area contributed by atoms with Crippen LogP contribution in [0.15, 0.2) is 41.3 Å². The van der Waals surface area contributed by atoms with E-state index in [0.29, 0.717) is 19.6 Å². The van der Waals surface area contributed by atoms with E-state index in [2.05, 4.69) is 37.4 Å². The number of halogens is 1. The van der Waals surface area contributed by atoms with E-state index >= 15 is 0 Å². The molecule has 0 bridgehead atoms. The molecule has 1 fully saturated rings. The predicted octanol–water partition coefficient (Wildman–Crippen LogP) is 4.96. The van der Waals surface area contributed by atoms with Crippen molar-refractivity contribution in [3.63, 3.8) is 0 Å². The van der Waals surface area contributed by atoms with Crippen LogP contribution in [0.5, 0.6) is 0 Å². The summed E-state index contributed by atoms with van der Waals surface area (Å²) >= 11 is 6.27. The standard InChI is InChI=1S/C24H31ClN2O3S/c1-3-18-9-10-19(4-2)20(15-18)17-26-24(28)22-16-21(11-12-23(22)25)31(29,30)27-13-7-5-6-8-14-27/h9-12,15-16H,3-8,13-14,17H2,1-2H3,(H,26,28). The lowest BCUT2D eigenvalue weighted by atomic mass is 10.0. The number of nitrogens with one attached hydrogen (secondary N) is 1. The fraction of sp³-hybridized carbons (Fsp3) is 0.458. The van der Waals surface area contributed by atoms with Crippen LogP contribution in [0.3, 0.4) is 0 Å². The van der Waals surface area contributed by atoms with Crippen molar-refractivity contribution in [3.8, 4) is 0 Å². The quantitative estimate of drug-likeness (QED) is 0.632. The Morgan fingerprint density at radius 1 is 0.968 bits per heavy atom. The summed E-state index contributed by atoms with van der Waals surface area (Å²) in [7, 11) is -3.65. The third-order valence-corrected chi connectivity index (χ3v) is 8.11. The van der Waals surface area contributed by atoms with Crippen LogP contribution in [0.2, 0.25) is 5.02 Å². The maximum absolute atomic E-state index is 13.1. The van der Waals surface area contributed by atoms with Crippen molar-refractivity contribution in [1.29, 1.82) is 0 Å². The maximum Gasteiger partial charge on any atom is 0.253 e. The monoisotopic (exact) mass is 462 g/mol. The van der Waals surface area contributed by atoms with E-state index in [1.54, 1.807) is 0 Å². The molecule has 0 aromatic heterocycles. The summed E-state index contributed by atoms with van der Waals surface area (Å²) < 4.78 is 27.7. The molecule has 7 heteroatoms. The van der Waals surface area contributed by atoms with Crippen LogP contribution >= 0.6 is 11.6 Å². The van der Waals surface area contributed by atoms with Crippen molar-refractivity contribution in [1.82, 2.24) is 9.62 Å². The molecule has 168 valence electrons. The molecule has 0 radical (unpaired) electrons. The Morgan fingerprint density at radius 3 is 2.32 bits per heavy atom. The Kier molecular flexibility index (Phi) is 8.14. The van der Waals surface area contributed by atoms with E-state index in [1.165, 1.54) is 33.6 Å². The molecular weight excluding hydrogens is 432 g/mol. The smallest absolute Gasteiger partial charge is 0.253 e. The second-order valence-corrected chi connectivity index (χ2v) is 10.3. The zero-order chi connectivity index (χ0) is 22.4. The van der Waals surface area contributed by atoms with Crippen LogP contribution in [-0.4, -0.2) is 31.7 Å². The van der Waals surface area contributed by atoms with Gasteiger partial charge in [0.05, 0.1) is 15.5 Å². The van der Waals surface area contributed by atoms with Crippen LogP contribution in [0.4, 0.5) is 0 Å². The average molecular weight is 463 g/mol. The van der Waals surface area contributed by atoms with Crippen LogP contribution < -0.4 is 5.32 Å². The average Bonchev–Trinajstić information content (AvgIpc) is 3.07. The van der Waals surface area contributed by atoms with Crippen molar-refractivity contribution in [2.45, 2.75) is 63.8 Å². The summed E-state index contributed by atoms with van der Waals surface area (Å²) in [6.45, 7) is 5.58. The maximum atomic E-state index is 13.1. The SMILES string of the molecule is CCc1ccc(CC)c(CNC(=O)c2cc(S(=O)(=O)N3CCCCCC3)ccc2Cl)c1. The zero-order valence-electron chi connectivity index (χ0n) is 18.3. The van der Waals surface area contributed by atoms with Crippen molar-refractivity contribution in [2.75, 3.05) is 13.1 Å². The van der Waals surface area contributed by atoms with E-state index in [1.807, 2.05) is 0 Å². The molecule has 5 nitrogen and oxygen atoms in total. The molecule has 0 unspecified atom stereocenters. The van der Waals surface area contributed by atoms with Gasteiger partial charge in [0.1, 0.15) is 0 Å². The highest BCUT2D eigenvalue weighted by Crippen LogP contribution is 2.25. The van der Waals surface area contributed by atoms with Gasteiger partial charge in [0.2, 0.25) is 10.0 Å². The van der Waals surface area contributed by atoms with Crippen LogP contribution in [0.25, 0.3) is 0 Å². The van der Waals surface area contributed by atoms with Gasteiger partial charge in [-0.3, -0.25) is 4.79 Å². The lowest BCUT2D eigenvalue weighted by Crippen LogP contribution is -2.32. The lowest BCUT2D eigenvalue weighted by molar-refractivity contribution is 0.0950. The van der Waals surface area contributed by atoms with Gasteiger partial charge in [0.15, 0.2) is 0 Å². The molecule has 31 heavy (non-hydrogen) atoms. The third-order valence-electron chi connectivity index (χ3n) is 5.88. The molecule has 1 aliphatic heterocycles. The van der Waals surface area contributed by atoms with Gasteiger partial charge in [0, 0.05) is 19.6 Å². The van der Waals surface area contributed by atoms with E-state index in [0.717, 1.165) is 44.1 Å². The van der Waals surface area contributed by atoms with Gasteiger partial charge >= 0.3 is 0 Å². The second kappa shape index (κ2) is 10.6. The number of sulfonamides is 1. The summed E-state index contributed by atoms with van der Waals surface area (Å²) in [5.41, 5.74) is 3.65. The highest BCUT2D eigenvalue weighted by molar-refractivity contribution is 7.89. The Labute approximate surface area is 190 Å². The van der Waals surface area contributed by atoms with Gasteiger partial charge < -0.3 is 5.32 Å². The molecular formula is C24H31ClN2O3S. The van der Waals surface area contributed by atoms with E-state index < -0.39 is 10.0 Å². The number of hydrogen-bond acceptors (Lipinski definition) is 3. The number of rotatable bonds is 7. The molecule has 1 saturated heterocycles. The van der Waals surface area contributed by atoms with E-state index in [9.17, 15) is 13.2 Å². The van der Waals surface area contributed by atoms with E-state index in [4.69, 9.17) is 11.6 Å². The van der Waals surface area contributed by atoms with Gasteiger partial charge in [-0.15, -0.1) is 0 Å². The van der Waals surface area contributed by atoms with Crippen LogP contribution in [0.1, 0.15) is 66.6 Å². The first-order valence-corrected chi connectivity index (χ1v) is 12.9. The van der Waals surface area contributed by atoms with Crippen molar-refractivity contribution < 1.29 is 13.2 Å². The molecule has 0 atom stereocenters. The first-order chi connectivity index (χ1) is 14.9. The topological polar surface area (TPSA) is 66.5 Å². The largest absolute Gasteiger partial charge is 0.348 e. The highest BCUT2D eigenvalue weighted by atomic mass is 35.5. The molecule has 2 aromatic rings. The molecule has 1 amide bonds. The summed E-state index contributed by atoms with van der Waals surface area (Å²) in [4.78, 5) is 13.0. The number of amides is 1. The first-order valence-electron chi connectivity index (χ1n) is 11.1.